The highest BCUT2D eigenvalue weighted by molar-refractivity contribution is 5.93. The maximum Gasteiger partial charge on any atom is 0.163 e. The number of nitrogen functional groups attached to an aromatic ring is 1. The molecule has 0 saturated heterocycles. The van der Waals surface area contributed by atoms with Gasteiger partial charge in [-0.25, -0.2) is 24.9 Å². The molecule has 0 aliphatic heterocycles. The van der Waals surface area contributed by atoms with E-state index in [1.54, 1.807) is 20.4 Å². The van der Waals surface area contributed by atoms with Gasteiger partial charge in [0.2, 0.25) is 0 Å². The Morgan fingerprint density at radius 3 is 2.31 bits per heavy atom. The van der Waals surface area contributed by atoms with E-state index < -0.39 is 5.60 Å². The van der Waals surface area contributed by atoms with Crippen molar-refractivity contribution in [2.24, 2.45) is 0 Å². The number of nitrogens with zero attached hydrogens (tertiary/aromatic N) is 6. The second-order valence-corrected chi connectivity index (χ2v) is 15.0. The number of aliphatic hydroxyl groups is 1. The molecule has 9 rings (SSSR count). The monoisotopic (exact) mass is 814 g/mol. The molecule has 0 atom stereocenters. The molecule has 1 saturated carbocycles. The summed E-state index contributed by atoms with van der Waals surface area (Å²) in [4.78, 5) is 23.0. The number of methoxy groups -OCH3 is 2. The first kappa shape index (κ1) is 40.7. The van der Waals surface area contributed by atoms with Gasteiger partial charge in [-0.1, -0.05) is 60.5 Å². The molecule has 0 spiro atoms. The fraction of sp³-hybridized carbons (Fsp3) is 0.229. The van der Waals surface area contributed by atoms with E-state index in [4.69, 9.17) is 41.1 Å². The van der Waals surface area contributed by atoms with Crippen molar-refractivity contribution in [3.05, 3.63) is 127 Å². The van der Waals surface area contributed by atoms with Crippen LogP contribution in [0.2, 0.25) is 0 Å². The van der Waals surface area contributed by atoms with Crippen LogP contribution >= 0.6 is 0 Å². The Bertz CT molecular complexity index is 2850. The summed E-state index contributed by atoms with van der Waals surface area (Å²) in [5.41, 5.74) is 13.5. The van der Waals surface area contributed by atoms with E-state index in [-0.39, 0.29) is 5.92 Å². The quantitative estimate of drug-likeness (QED) is 0.0756. The molecule has 13 heteroatoms. The van der Waals surface area contributed by atoms with Gasteiger partial charge in [-0.3, -0.25) is 4.40 Å². The second kappa shape index (κ2) is 18.0. The van der Waals surface area contributed by atoms with E-state index in [1.165, 1.54) is 6.33 Å². The molecule has 308 valence electrons. The zero-order chi connectivity index (χ0) is 42.3. The molecule has 0 amide bonds. The van der Waals surface area contributed by atoms with E-state index in [9.17, 15) is 5.11 Å². The van der Waals surface area contributed by atoms with Gasteiger partial charge in [0, 0.05) is 71.7 Å². The Balaban J connectivity index is 0.000000170. The summed E-state index contributed by atoms with van der Waals surface area (Å²) in [7, 11) is 3.25. The molecule has 4 N–H and O–H groups in total. The lowest BCUT2D eigenvalue weighted by Gasteiger charge is -2.40. The number of pyridine rings is 1. The highest BCUT2D eigenvalue weighted by Crippen LogP contribution is 2.45. The molecule has 1 fully saturated rings. The number of benzene rings is 4. The van der Waals surface area contributed by atoms with E-state index in [0.29, 0.717) is 62.4 Å². The summed E-state index contributed by atoms with van der Waals surface area (Å²) in [6, 6.07) is 31.8. The largest absolute Gasteiger partial charge is 0.487 e. The minimum atomic E-state index is -0.629. The first-order chi connectivity index (χ1) is 29.7. The van der Waals surface area contributed by atoms with Crippen molar-refractivity contribution in [1.82, 2.24) is 29.3 Å². The van der Waals surface area contributed by atoms with Gasteiger partial charge in [0.25, 0.3) is 0 Å². The van der Waals surface area contributed by atoms with Crippen molar-refractivity contribution in [3.63, 3.8) is 0 Å². The Labute approximate surface area is 353 Å². The molecule has 8 aromatic rings. The number of aromatic nitrogens is 6. The summed E-state index contributed by atoms with van der Waals surface area (Å²) in [6.07, 6.45) is 12.0. The SMILES string of the molecule is C#Cc1cccc(Nc2ncnc3cc(OCCOC)c(OCCOC)cc23)c1.CC1(O)CC(c2nc(-c3ccc4ccc(-c5ccccc5)nc4c3)c3c(N)nccn23)C1. The average Bonchev–Trinajstić information content (AvgIpc) is 3.67. The molecule has 61 heavy (non-hydrogen) atoms. The molecule has 4 aromatic carbocycles. The number of ether oxygens (including phenoxy) is 4. The van der Waals surface area contributed by atoms with Gasteiger partial charge in [-0.05, 0) is 56.2 Å². The molecule has 4 aromatic heterocycles. The molecule has 0 radical (unpaired) electrons. The summed E-state index contributed by atoms with van der Waals surface area (Å²) < 4.78 is 23.8. The van der Waals surface area contributed by atoms with Crippen molar-refractivity contribution in [2.45, 2.75) is 31.3 Å². The van der Waals surface area contributed by atoms with Crippen LogP contribution in [-0.4, -0.2) is 80.7 Å². The lowest BCUT2D eigenvalue weighted by atomic mass is 9.72. The molecular formula is C48H46N8O5. The van der Waals surface area contributed by atoms with Crippen molar-refractivity contribution in [1.29, 1.82) is 0 Å². The van der Waals surface area contributed by atoms with Crippen molar-refractivity contribution in [2.75, 3.05) is 51.7 Å². The smallest absolute Gasteiger partial charge is 0.163 e. The Kier molecular flexibility index (Phi) is 12.0. The molecule has 0 unspecified atom stereocenters. The minimum absolute atomic E-state index is 0.191. The fourth-order valence-corrected chi connectivity index (χ4v) is 7.48. The van der Waals surface area contributed by atoms with E-state index in [2.05, 4.69) is 62.6 Å². The number of rotatable bonds is 13. The normalized spacial score (nSPS) is 15.8. The van der Waals surface area contributed by atoms with Crippen LogP contribution in [0.15, 0.2) is 116 Å². The van der Waals surface area contributed by atoms with E-state index in [1.807, 2.05) is 78.2 Å². The standard InChI is InChI=1S/C26H23N5O.C22H23N3O4/c1-26(32)14-19(15-26)25-30-22(23-24(27)28-11-12-31(23)25)18-8-7-17-9-10-20(29-21(17)13-18)16-5-3-2-4-6-16;1-4-16-6-5-7-17(12-16)25-22-18-13-20(28-10-8-26-2)21(29-11-9-27-3)14-19(18)23-15-24-22/h2-13,19,32H,14-15H2,1H3,(H2,27,28);1,5-7,12-15H,8-11H2,2-3H3,(H,23,24,25). The minimum Gasteiger partial charge on any atom is -0.487 e. The number of imidazole rings is 1. The lowest BCUT2D eigenvalue weighted by Crippen LogP contribution is -2.40. The Morgan fingerprint density at radius 2 is 1.57 bits per heavy atom. The third-order valence-corrected chi connectivity index (χ3v) is 10.5. The molecule has 0 bridgehead atoms. The van der Waals surface area contributed by atoms with Crippen molar-refractivity contribution < 1.29 is 24.1 Å². The number of nitrogens with one attached hydrogen (secondary N) is 1. The first-order valence-corrected chi connectivity index (χ1v) is 19.9. The van der Waals surface area contributed by atoms with E-state index >= 15 is 0 Å². The molecule has 1 aliphatic rings. The van der Waals surface area contributed by atoms with Crippen molar-refractivity contribution in [3.8, 4) is 46.4 Å². The molecular weight excluding hydrogens is 769 g/mol. The highest BCUT2D eigenvalue weighted by Gasteiger charge is 2.41. The summed E-state index contributed by atoms with van der Waals surface area (Å²) in [5, 5.41) is 15.4. The summed E-state index contributed by atoms with van der Waals surface area (Å²) in [6.45, 7) is 3.60. The number of fused-ring (bicyclic) bond motifs is 3. The summed E-state index contributed by atoms with van der Waals surface area (Å²) >= 11 is 0. The third-order valence-electron chi connectivity index (χ3n) is 10.5. The summed E-state index contributed by atoms with van der Waals surface area (Å²) in [5.74, 6) is 6.00. The van der Waals surface area contributed by atoms with Crippen LogP contribution in [-0.2, 0) is 9.47 Å². The second-order valence-electron chi connectivity index (χ2n) is 15.0. The number of nitrogens with two attached hydrogens (primary N) is 1. The van der Waals surface area contributed by atoms with Gasteiger partial charge in [0.05, 0.1) is 35.5 Å². The van der Waals surface area contributed by atoms with Crippen LogP contribution in [0.5, 0.6) is 11.5 Å². The zero-order valence-corrected chi connectivity index (χ0v) is 34.2. The van der Waals surface area contributed by atoms with Crippen LogP contribution in [0.1, 0.15) is 37.1 Å². The van der Waals surface area contributed by atoms with Crippen LogP contribution in [0.3, 0.4) is 0 Å². The van der Waals surface area contributed by atoms with Gasteiger partial charge in [0.1, 0.15) is 48.2 Å². The third kappa shape index (κ3) is 9.07. The van der Waals surface area contributed by atoms with Crippen LogP contribution in [0, 0.1) is 12.3 Å². The average molecular weight is 815 g/mol. The number of hydrogen-bond acceptors (Lipinski definition) is 12. The fourth-order valence-electron chi connectivity index (χ4n) is 7.48. The van der Waals surface area contributed by atoms with Crippen LogP contribution in [0.25, 0.3) is 49.8 Å². The topological polar surface area (TPSA) is 164 Å². The van der Waals surface area contributed by atoms with E-state index in [0.717, 1.165) is 66.9 Å². The van der Waals surface area contributed by atoms with Gasteiger partial charge in [-0.2, -0.15) is 0 Å². The molecule has 13 nitrogen and oxygen atoms in total. The number of hydrogen-bond donors (Lipinski definition) is 3. The lowest BCUT2D eigenvalue weighted by molar-refractivity contribution is -0.0335. The van der Waals surface area contributed by atoms with Crippen molar-refractivity contribution >= 4 is 44.6 Å². The first-order valence-electron chi connectivity index (χ1n) is 19.9. The van der Waals surface area contributed by atoms with Gasteiger partial charge in [-0.15, -0.1) is 6.42 Å². The van der Waals surface area contributed by atoms with Gasteiger partial charge < -0.3 is 35.1 Å². The molecule has 4 heterocycles. The van der Waals surface area contributed by atoms with Crippen LogP contribution < -0.4 is 20.5 Å². The van der Waals surface area contributed by atoms with Gasteiger partial charge >= 0.3 is 0 Å². The molecule has 1 aliphatic carbocycles. The zero-order valence-electron chi connectivity index (χ0n) is 34.2. The van der Waals surface area contributed by atoms with Crippen LogP contribution in [0.4, 0.5) is 17.3 Å². The van der Waals surface area contributed by atoms with Gasteiger partial charge in [0.15, 0.2) is 11.5 Å². The maximum absolute atomic E-state index is 10.3. The maximum atomic E-state index is 10.3. The highest BCUT2D eigenvalue weighted by atomic mass is 16.5. The number of terminal acetylenes is 1. The number of anilines is 3. The predicted octanol–water partition coefficient (Wildman–Crippen LogP) is 8.23. The Hall–Kier alpha value is -7.11. The predicted molar refractivity (Wildman–Crippen MR) is 238 cm³/mol. The Morgan fingerprint density at radius 1 is 0.820 bits per heavy atom.